The number of pyridine rings is 1. The quantitative estimate of drug-likeness (QED) is 0.349. The molecule has 150 valence electrons. The fraction of sp³-hybridized carbons (Fsp3) is 0. The highest BCUT2D eigenvalue weighted by Crippen LogP contribution is 2.27. The molecule has 2 heterocycles. The summed E-state index contributed by atoms with van der Waals surface area (Å²) in [5.41, 5.74) is 6.96. The second-order valence-electron chi connectivity index (χ2n) is 6.75. The first-order valence-electron chi connectivity index (χ1n) is 9.41. The largest absolute Gasteiger partial charge is 0.271 e. The van der Waals surface area contributed by atoms with Crippen molar-refractivity contribution in [3.05, 3.63) is 90.4 Å². The second kappa shape index (κ2) is 7.64. The molecule has 0 saturated heterocycles. The topological polar surface area (TPSA) is 115 Å². The molecule has 0 aliphatic heterocycles. The molecule has 0 spiro atoms. The lowest BCUT2D eigenvalue weighted by Crippen LogP contribution is -2.41. The number of carbonyl (C=O) groups is 2. The minimum absolute atomic E-state index is 0.374. The number of benzene rings is 3. The van der Waals surface area contributed by atoms with Gasteiger partial charge in [-0.1, -0.05) is 30.3 Å². The van der Waals surface area contributed by atoms with Gasteiger partial charge in [0.1, 0.15) is 6.33 Å². The molecule has 9 heteroatoms. The number of carbonyl (C=O) groups excluding carboxylic acids is 2. The van der Waals surface area contributed by atoms with E-state index in [2.05, 4.69) is 31.4 Å². The molecule has 0 aliphatic carbocycles. The molecule has 0 aliphatic rings. The third-order valence-electron chi connectivity index (χ3n) is 4.89. The Balaban J connectivity index is 1.37. The van der Waals surface area contributed by atoms with Gasteiger partial charge in [-0.2, -0.15) is 0 Å². The van der Waals surface area contributed by atoms with Gasteiger partial charge in [0.05, 0.1) is 16.8 Å². The Labute approximate surface area is 175 Å². The summed E-state index contributed by atoms with van der Waals surface area (Å²) in [4.78, 5) is 29.7. The van der Waals surface area contributed by atoms with Gasteiger partial charge < -0.3 is 0 Å². The highest BCUT2D eigenvalue weighted by atomic mass is 16.2. The number of hydrogen-bond acceptors (Lipinski definition) is 6. The van der Waals surface area contributed by atoms with Crippen LogP contribution in [0.2, 0.25) is 0 Å². The summed E-state index contributed by atoms with van der Waals surface area (Å²) >= 11 is 0. The van der Waals surface area contributed by atoms with Crippen LogP contribution < -0.4 is 10.9 Å². The number of rotatable bonds is 3. The van der Waals surface area contributed by atoms with Crippen LogP contribution in [0.15, 0.2) is 79.3 Å². The van der Waals surface area contributed by atoms with Gasteiger partial charge in [0.2, 0.25) is 0 Å². The number of hydrazine groups is 1. The third kappa shape index (κ3) is 3.44. The summed E-state index contributed by atoms with van der Waals surface area (Å²) in [5.74, 6) is -0.900. The van der Waals surface area contributed by atoms with Gasteiger partial charge in [0.25, 0.3) is 11.8 Å². The predicted octanol–water partition coefficient (Wildman–Crippen LogP) is 2.44. The number of amides is 2. The minimum Gasteiger partial charge on any atom is -0.267 e. The van der Waals surface area contributed by atoms with Crippen molar-refractivity contribution in [2.45, 2.75) is 0 Å². The third-order valence-corrected chi connectivity index (χ3v) is 4.89. The Kier molecular flexibility index (Phi) is 4.53. The van der Waals surface area contributed by atoms with E-state index in [4.69, 9.17) is 0 Å². The van der Waals surface area contributed by atoms with Crippen molar-refractivity contribution in [2.24, 2.45) is 0 Å². The summed E-state index contributed by atoms with van der Waals surface area (Å²) in [5, 5.41) is 13.7. The van der Waals surface area contributed by atoms with E-state index in [9.17, 15) is 9.59 Å². The highest BCUT2D eigenvalue weighted by Gasteiger charge is 2.15. The van der Waals surface area contributed by atoms with Gasteiger partial charge in [-0.3, -0.25) is 25.4 Å². The summed E-state index contributed by atoms with van der Waals surface area (Å²) in [6.07, 6.45) is 3.09. The SMILES string of the molecule is O=C(NNC(=O)c1cc2ccccc2c2cccnc12)c1ccc(-n2cnnn2)cc1. The average molecular weight is 409 g/mol. The van der Waals surface area contributed by atoms with Crippen LogP contribution in [-0.4, -0.2) is 37.0 Å². The molecular weight excluding hydrogens is 394 g/mol. The predicted molar refractivity (Wildman–Crippen MR) is 113 cm³/mol. The summed E-state index contributed by atoms with van der Waals surface area (Å²) in [6.45, 7) is 0. The molecule has 2 amide bonds. The van der Waals surface area contributed by atoms with Crippen molar-refractivity contribution in [1.29, 1.82) is 0 Å². The van der Waals surface area contributed by atoms with Crippen molar-refractivity contribution in [3.8, 4) is 5.69 Å². The Morgan fingerprint density at radius 1 is 0.839 bits per heavy atom. The van der Waals surface area contributed by atoms with Crippen LogP contribution in [0.5, 0.6) is 0 Å². The normalized spacial score (nSPS) is 10.8. The molecule has 0 atom stereocenters. The van der Waals surface area contributed by atoms with Crippen LogP contribution in [0.4, 0.5) is 0 Å². The number of aromatic nitrogens is 5. The van der Waals surface area contributed by atoms with Gasteiger partial charge in [-0.15, -0.1) is 5.10 Å². The summed E-state index contributed by atoms with van der Waals surface area (Å²) < 4.78 is 1.47. The van der Waals surface area contributed by atoms with E-state index < -0.39 is 11.8 Å². The first-order valence-corrected chi connectivity index (χ1v) is 9.41. The molecule has 0 bridgehead atoms. The molecule has 9 nitrogen and oxygen atoms in total. The molecule has 0 saturated carbocycles. The standard InChI is InChI=1S/C22H15N7O2/c30-21(14-7-9-16(10-8-14)29-13-24-27-28-29)25-26-22(31)19-12-15-4-1-2-5-17(15)18-6-3-11-23-20(18)19/h1-13H,(H,25,30)(H,26,31). The van der Waals surface area contributed by atoms with Gasteiger partial charge >= 0.3 is 0 Å². The van der Waals surface area contributed by atoms with Crippen LogP contribution in [0, 0.1) is 0 Å². The Hall–Kier alpha value is -4.66. The Bertz CT molecular complexity index is 1410. The molecular formula is C22H15N7O2. The van der Waals surface area contributed by atoms with Crippen LogP contribution in [0.25, 0.3) is 27.4 Å². The highest BCUT2D eigenvalue weighted by molar-refractivity contribution is 6.16. The molecule has 0 unspecified atom stereocenters. The maximum Gasteiger partial charge on any atom is 0.271 e. The van der Waals surface area contributed by atoms with E-state index in [1.807, 2.05) is 36.4 Å². The second-order valence-corrected chi connectivity index (χ2v) is 6.75. The zero-order chi connectivity index (χ0) is 21.2. The van der Waals surface area contributed by atoms with Gasteiger partial charge in [-0.25, -0.2) is 4.68 Å². The number of fused-ring (bicyclic) bond motifs is 3. The van der Waals surface area contributed by atoms with E-state index in [0.29, 0.717) is 22.3 Å². The summed E-state index contributed by atoms with van der Waals surface area (Å²) in [6, 6.07) is 19.9. The van der Waals surface area contributed by atoms with Crippen molar-refractivity contribution in [3.63, 3.8) is 0 Å². The molecule has 5 aromatic rings. The van der Waals surface area contributed by atoms with E-state index >= 15 is 0 Å². The molecule has 5 rings (SSSR count). The lowest BCUT2D eigenvalue weighted by molar-refractivity contribution is 0.0847. The summed E-state index contributed by atoms with van der Waals surface area (Å²) in [7, 11) is 0. The van der Waals surface area contributed by atoms with Gasteiger partial charge in [0.15, 0.2) is 0 Å². The van der Waals surface area contributed by atoms with Crippen molar-refractivity contribution in [1.82, 2.24) is 36.0 Å². The molecule has 0 radical (unpaired) electrons. The average Bonchev–Trinajstić information content (AvgIpc) is 3.37. The number of nitrogens with zero attached hydrogens (tertiary/aromatic N) is 5. The monoisotopic (exact) mass is 409 g/mol. The first-order chi connectivity index (χ1) is 15.2. The fourth-order valence-corrected chi connectivity index (χ4v) is 3.40. The zero-order valence-corrected chi connectivity index (χ0v) is 16.1. The van der Waals surface area contributed by atoms with Crippen LogP contribution in [0.1, 0.15) is 20.7 Å². The molecule has 3 aromatic carbocycles. The van der Waals surface area contributed by atoms with Gasteiger partial charge in [-0.05, 0) is 57.6 Å². The lowest BCUT2D eigenvalue weighted by Gasteiger charge is -2.11. The minimum atomic E-state index is -0.451. The Morgan fingerprint density at radius 2 is 1.61 bits per heavy atom. The maximum atomic E-state index is 12.9. The van der Waals surface area contributed by atoms with E-state index in [0.717, 1.165) is 16.2 Å². The zero-order valence-electron chi connectivity index (χ0n) is 16.1. The van der Waals surface area contributed by atoms with Crippen molar-refractivity contribution < 1.29 is 9.59 Å². The first kappa shape index (κ1) is 18.4. The molecule has 31 heavy (non-hydrogen) atoms. The molecule has 0 fully saturated rings. The smallest absolute Gasteiger partial charge is 0.267 e. The van der Waals surface area contributed by atoms with E-state index in [1.54, 1.807) is 36.5 Å². The maximum absolute atomic E-state index is 12.9. The van der Waals surface area contributed by atoms with Gasteiger partial charge in [0, 0.05) is 17.1 Å². The number of nitrogens with one attached hydrogen (secondary N) is 2. The van der Waals surface area contributed by atoms with Crippen LogP contribution in [0.3, 0.4) is 0 Å². The van der Waals surface area contributed by atoms with E-state index in [1.165, 1.54) is 11.0 Å². The van der Waals surface area contributed by atoms with Crippen molar-refractivity contribution >= 4 is 33.5 Å². The van der Waals surface area contributed by atoms with Crippen LogP contribution >= 0.6 is 0 Å². The number of tetrazole rings is 1. The Morgan fingerprint density at radius 3 is 2.42 bits per heavy atom. The van der Waals surface area contributed by atoms with Crippen molar-refractivity contribution in [2.75, 3.05) is 0 Å². The van der Waals surface area contributed by atoms with E-state index in [-0.39, 0.29) is 0 Å². The lowest BCUT2D eigenvalue weighted by atomic mass is 10.0. The number of hydrogen-bond donors (Lipinski definition) is 2. The fourth-order valence-electron chi connectivity index (χ4n) is 3.40. The van der Waals surface area contributed by atoms with Crippen LogP contribution in [-0.2, 0) is 0 Å². The molecule has 2 aromatic heterocycles. The molecule has 2 N–H and O–H groups in total.